The van der Waals surface area contributed by atoms with Gasteiger partial charge < -0.3 is 14.8 Å². The fraction of sp³-hybridized carbons (Fsp3) is 0.280. The smallest absolute Gasteiger partial charge is 0.300 e. The first-order chi connectivity index (χ1) is 15.5. The topological polar surface area (TPSA) is 73.6 Å². The van der Waals surface area contributed by atoms with Gasteiger partial charge in [-0.05, 0) is 67.3 Å². The molecule has 0 aliphatic heterocycles. The number of anilines is 1. The van der Waals surface area contributed by atoms with Gasteiger partial charge in [-0.2, -0.15) is 11.8 Å². The van der Waals surface area contributed by atoms with E-state index in [9.17, 15) is 10.1 Å². The average Bonchev–Trinajstić information content (AvgIpc) is 2.78. The Hall–Kier alpha value is -3.19. The molecule has 0 bridgehead atoms. The van der Waals surface area contributed by atoms with Crippen LogP contribution in [0.25, 0.3) is 11.1 Å². The molecule has 170 valence electrons. The van der Waals surface area contributed by atoms with E-state index in [0.717, 1.165) is 16.7 Å². The number of nitro groups is 1. The molecule has 0 atom stereocenters. The van der Waals surface area contributed by atoms with E-state index in [0.29, 0.717) is 35.9 Å². The van der Waals surface area contributed by atoms with Crippen LogP contribution in [0.1, 0.15) is 18.1 Å². The molecule has 0 heterocycles. The van der Waals surface area contributed by atoms with Crippen LogP contribution < -0.4 is 14.8 Å². The molecular formula is C25H30N2O4S. The summed E-state index contributed by atoms with van der Waals surface area (Å²) in [6.07, 6.45) is 4.08. The second-order valence-corrected chi connectivity index (χ2v) is 7.77. The minimum absolute atomic E-state index is 0.0698. The largest absolute Gasteiger partial charge is 0.493 e. The summed E-state index contributed by atoms with van der Waals surface area (Å²) in [5, 5.41) is 15.1. The highest BCUT2D eigenvalue weighted by Gasteiger charge is 2.21. The molecule has 0 unspecified atom stereocenters. The fourth-order valence-electron chi connectivity index (χ4n) is 3.27. The van der Waals surface area contributed by atoms with Gasteiger partial charge in [-0.3, -0.25) is 10.1 Å². The van der Waals surface area contributed by atoms with Crippen LogP contribution in [0.5, 0.6) is 11.5 Å². The van der Waals surface area contributed by atoms with Crippen molar-refractivity contribution in [3.8, 4) is 22.6 Å². The van der Waals surface area contributed by atoms with E-state index in [2.05, 4.69) is 5.32 Å². The zero-order valence-electron chi connectivity index (χ0n) is 19.2. The SMILES string of the molecule is CCOc1cc(CNc2cccc(-c3ccccc3C)c2[N+](=O)[O-])ccc1OC.CSC. The fourth-order valence-corrected chi connectivity index (χ4v) is 3.27. The lowest BCUT2D eigenvalue weighted by atomic mass is 9.98. The van der Waals surface area contributed by atoms with Crippen molar-refractivity contribution in [1.82, 2.24) is 0 Å². The van der Waals surface area contributed by atoms with Crippen molar-refractivity contribution >= 4 is 23.1 Å². The summed E-state index contributed by atoms with van der Waals surface area (Å²) in [6.45, 7) is 4.80. The van der Waals surface area contributed by atoms with Gasteiger partial charge in [-0.25, -0.2) is 0 Å². The number of para-hydroxylation sites is 1. The van der Waals surface area contributed by atoms with E-state index in [-0.39, 0.29) is 10.6 Å². The number of thioether (sulfide) groups is 1. The number of ether oxygens (including phenoxy) is 2. The summed E-state index contributed by atoms with van der Waals surface area (Å²) >= 11 is 1.75. The number of nitrogens with one attached hydrogen (secondary N) is 1. The molecule has 0 aromatic heterocycles. The Kier molecular flexibility index (Phi) is 9.88. The van der Waals surface area contributed by atoms with Crippen molar-refractivity contribution in [2.45, 2.75) is 20.4 Å². The van der Waals surface area contributed by atoms with Crippen molar-refractivity contribution in [1.29, 1.82) is 0 Å². The van der Waals surface area contributed by atoms with Crippen molar-refractivity contribution in [3.05, 3.63) is 81.9 Å². The Labute approximate surface area is 194 Å². The monoisotopic (exact) mass is 454 g/mol. The summed E-state index contributed by atoms with van der Waals surface area (Å²) in [6, 6.07) is 18.6. The van der Waals surface area contributed by atoms with Crippen LogP contribution in [0.4, 0.5) is 11.4 Å². The number of methoxy groups -OCH3 is 1. The molecule has 0 fully saturated rings. The molecule has 1 N–H and O–H groups in total. The van der Waals surface area contributed by atoms with Gasteiger partial charge >= 0.3 is 0 Å². The van der Waals surface area contributed by atoms with Crippen LogP contribution in [0, 0.1) is 17.0 Å². The van der Waals surface area contributed by atoms with E-state index in [1.807, 2.05) is 74.9 Å². The van der Waals surface area contributed by atoms with Crippen LogP contribution >= 0.6 is 11.8 Å². The van der Waals surface area contributed by atoms with Crippen LogP contribution in [0.15, 0.2) is 60.7 Å². The molecular weight excluding hydrogens is 424 g/mol. The average molecular weight is 455 g/mol. The number of hydrogen-bond acceptors (Lipinski definition) is 6. The van der Waals surface area contributed by atoms with Crippen LogP contribution in [0.3, 0.4) is 0 Å². The van der Waals surface area contributed by atoms with Gasteiger partial charge in [0.15, 0.2) is 11.5 Å². The van der Waals surface area contributed by atoms with Crippen LogP contribution in [0.2, 0.25) is 0 Å². The zero-order valence-corrected chi connectivity index (χ0v) is 20.0. The highest BCUT2D eigenvalue weighted by atomic mass is 32.2. The summed E-state index contributed by atoms with van der Waals surface area (Å²) in [7, 11) is 1.59. The molecule has 0 radical (unpaired) electrons. The molecule has 0 saturated heterocycles. The van der Waals surface area contributed by atoms with Gasteiger partial charge in [0.25, 0.3) is 5.69 Å². The normalized spacial score (nSPS) is 10.0. The number of benzene rings is 3. The van der Waals surface area contributed by atoms with Gasteiger partial charge in [0, 0.05) is 6.54 Å². The van der Waals surface area contributed by atoms with Gasteiger partial charge in [0.2, 0.25) is 0 Å². The summed E-state index contributed by atoms with van der Waals surface area (Å²) in [4.78, 5) is 11.6. The number of hydrogen-bond donors (Lipinski definition) is 1. The minimum Gasteiger partial charge on any atom is -0.493 e. The molecule has 3 aromatic carbocycles. The van der Waals surface area contributed by atoms with E-state index in [1.165, 1.54) is 0 Å². The number of rotatable bonds is 8. The van der Waals surface area contributed by atoms with Crippen molar-refractivity contribution in [2.75, 3.05) is 31.5 Å². The standard InChI is InChI=1S/C23H24N2O4.C2H6S/c1-4-29-22-14-17(12-13-21(22)28-3)15-24-20-11-7-10-19(23(20)25(26)27)18-9-6-5-8-16(18)2;1-3-2/h5-14,24H,4,15H2,1-3H3;1-2H3. The lowest BCUT2D eigenvalue weighted by Crippen LogP contribution is -2.05. The minimum atomic E-state index is -0.330. The van der Waals surface area contributed by atoms with Gasteiger partial charge in [0.05, 0.1) is 24.2 Å². The Morgan fingerprint density at radius 3 is 2.31 bits per heavy atom. The lowest BCUT2D eigenvalue weighted by molar-refractivity contribution is -0.383. The van der Waals surface area contributed by atoms with Gasteiger partial charge in [-0.1, -0.05) is 36.4 Å². The van der Waals surface area contributed by atoms with E-state index in [1.54, 1.807) is 31.0 Å². The highest BCUT2D eigenvalue weighted by molar-refractivity contribution is 7.97. The first-order valence-electron chi connectivity index (χ1n) is 10.2. The molecule has 0 amide bonds. The predicted octanol–water partition coefficient (Wildman–Crippen LogP) is 6.57. The third-order valence-electron chi connectivity index (χ3n) is 4.66. The predicted molar refractivity (Wildman–Crippen MR) is 134 cm³/mol. The molecule has 3 rings (SSSR count). The second-order valence-electron chi connectivity index (χ2n) is 6.95. The number of aryl methyl sites for hydroxylation is 1. The molecule has 32 heavy (non-hydrogen) atoms. The molecule has 0 aliphatic rings. The summed E-state index contributed by atoms with van der Waals surface area (Å²) in [5.41, 5.74) is 3.92. The van der Waals surface area contributed by atoms with Crippen LogP contribution in [-0.4, -0.2) is 31.2 Å². The Bertz CT molecular complexity index is 1040. The maximum atomic E-state index is 11.9. The number of nitro benzene ring substituents is 1. The van der Waals surface area contributed by atoms with Gasteiger partial charge in [-0.15, -0.1) is 0 Å². The highest BCUT2D eigenvalue weighted by Crippen LogP contribution is 2.38. The number of nitrogens with zero attached hydrogens (tertiary/aromatic N) is 1. The van der Waals surface area contributed by atoms with E-state index < -0.39 is 0 Å². The Morgan fingerprint density at radius 2 is 1.69 bits per heavy atom. The van der Waals surface area contributed by atoms with E-state index >= 15 is 0 Å². The molecule has 0 spiro atoms. The molecule has 3 aromatic rings. The second kappa shape index (κ2) is 12.6. The Morgan fingerprint density at radius 1 is 1.00 bits per heavy atom. The van der Waals surface area contributed by atoms with Crippen molar-refractivity contribution < 1.29 is 14.4 Å². The molecule has 0 saturated carbocycles. The van der Waals surface area contributed by atoms with Gasteiger partial charge in [0.1, 0.15) is 5.69 Å². The van der Waals surface area contributed by atoms with Crippen molar-refractivity contribution in [3.63, 3.8) is 0 Å². The maximum Gasteiger partial charge on any atom is 0.300 e. The lowest BCUT2D eigenvalue weighted by Gasteiger charge is -2.14. The Balaban J connectivity index is 0.00000114. The molecule has 7 heteroatoms. The molecule has 6 nitrogen and oxygen atoms in total. The third-order valence-corrected chi connectivity index (χ3v) is 4.66. The van der Waals surface area contributed by atoms with Crippen molar-refractivity contribution in [2.24, 2.45) is 0 Å². The first kappa shape index (κ1) is 25.1. The zero-order chi connectivity index (χ0) is 23.5. The van der Waals surface area contributed by atoms with Crippen LogP contribution in [-0.2, 0) is 6.54 Å². The summed E-state index contributed by atoms with van der Waals surface area (Å²) in [5.74, 6) is 1.31. The molecule has 0 aliphatic carbocycles. The third kappa shape index (κ3) is 6.40. The first-order valence-corrected chi connectivity index (χ1v) is 11.9. The summed E-state index contributed by atoms with van der Waals surface area (Å²) < 4.78 is 10.9. The quantitative estimate of drug-likeness (QED) is 0.307. The maximum absolute atomic E-state index is 11.9. The van der Waals surface area contributed by atoms with E-state index in [4.69, 9.17) is 9.47 Å².